The van der Waals surface area contributed by atoms with Crippen LogP contribution in [0.1, 0.15) is 26.0 Å². The van der Waals surface area contributed by atoms with Crippen LogP contribution >= 0.6 is 15.9 Å². The second kappa shape index (κ2) is 5.67. The van der Waals surface area contributed by atoms with Gasteiger partial charge in [0.2, 0.25) is 0 Å². The third-order valence-electron chi connectivity index (χ3n) is 3.17. The first-order valence-electron chi connectivity index (χ1n) is 6.26. The van der Waals surface area contributed by atoms with E-state index in [4.69, 9.17) is 5.10 Å². The largest absolute Gasteiger partial charge is 0.265 e. The lowest BCUT2D eigenvalue weighted by Crippen LogP contribution is -2.00. The Labute approximate surface area is 111 Å². The van der Waals surface area contributed by atoms with Crippen LogP contribution in [-0.4, -0.2) is 15.1 Å². The zero-order valence-electron chi connectivity index (χ0n) is 10.5. The van der Waals surface area contributed by atoms with E-state index >= 15 is 0 Å². The number of aromatic nitrogens is 2. The maximum absolute atomic E-state index is 4.72. The lowest BCUT2D eigenvalue weighted by Gasteiger charge is -2.04. The second-order valence-corrected chi connectivity index (χ2v) is 5.23. The Hall–Kier alpha value is -0.830. The molecule has 0 bridgehead atoms. The molecule has 0 fully saturated rings. The van der Waals surface area contributed by atoms with E-state index in [1.165, 1.54) is 23.0 Å². The second-order valence-electron chi connectivity index (χ2n) is 4.58. The molecule has 2 rings (SSSR count). The summed E-state index contributed by atoms with van der Waals surface area (Å²) < 4.78 is 2.10. The first-order chi connectivity index (χ1) is 8.26. The maximum atomic E-state index is 4.72. The number of para-hydroxylation sites is 1. The lowest BCUT2D eigenvalue weighted by molar-refractivity contribution is 0.583. The van der Waals surface area contributed by atoms with Crippen LogP contribution in [-0.2, 0) is 13.0 Å². The molecule has 1 aromatic carbocycles. The van der Waals surface area contributed by atoms with E-state index in [2.05, 4.69) is 58.7 Å². The van der Waals surface area contributed by atoms with Gasteiger partial charge in [0.25, 0.3) is 0 Å². The fourth-order valence-corrected chi connectivity index (χ4v) is 2.41. The van der Waals surface area contributed by atoms with Gasteiger partial charge in [-0.05, 0) is 31.7 Å². The highest BCUT2D eigenvalue weighted by Crippen LogP contribution is 2.21. The summed E-state index contributed by atoms with van der Waals surface area (Å²) in [5.41, 5.74) is 2.51. The molecule has 1 heterocycles. The Balaban J connectivity index is 2.28. The van der Waals surface area contributed by atoms with Gasteiger partial charge in [-0.25, -0.2) is 0 Å². The van der Waals surface area contributed by atoms with Gasteiger partial charge in [0.15, 0.2) is 0 Å². The van der Waals surface area contributed by atoms with Crippen LogP contribution in [0.2, 0.25) is 0 Å². The summed E-state index contributed by atoms with van der Waals surface area (Å²) in [6, 6.07) is 8.52. The number of fused-ring (bicyclic) bond motifs is 1. The summed E-state index contributed by atoms with van der Waals surface area (Å²) in [5.74, 6) is 0.709. The number of halogens is 1. The highest BCUT2D eigenvalue weighted by Gasteiger charge is 2.10. The fraction of sp³-hybridized carbons (Fsp3) is 0.500. The molecule has 0 aliphatic carbocycles. The number of hydrogen-bond acceptors (Lipinski definition) is 1. The lowest BCUT2D eigenvalue weighted by atomic mass is 10.0. The topological polar surface area (TPSA) is 17.8 Å². The van der Waals surface area contributed by atoms with Crippen molar-refractivity contribution in [2.75, 3.05) is 5.33 Å². The summed E-state index contributed by atoms with van der Waals surface area (Å²) in [4.78, 5) is 0. The Bertz CT molecular complexity index is 490. The summed E-state index contributed by atoms with van der Waals surface area (Å²) in [6.45, 7) is 5.35. The first-order valence-corrected chi connectivity index (χ1v) is 7.38. The number of benzene rings is 1. The molecule has 1 unspecified atom stereocenters. The fourth-order valence-electron chi connectivity index (χ4n) is 2.08. The molecule has 0 saturated carbocycles. The van der Waals surface area contributed by atoms with E-state index in [0.29, 0.717) is 5.92 Å². The number of nitrogens with zero attached hydrogens (tertiary/aromatic N) is 2. The smallest absolute Gasteiger partial charge is 0.0703 e. The van der Waals surface area contributed by atoms with Crippen LogP contribution < -0.4 is 0 Å². The van der Waals surface area contributed by atoms with E-state index in [1.807, 2.05) is 0 Å². The molecule has 0 spiro atoms. The van der Waals surface area contributed by atoms with Gasteiger partial charge in [0, 0.05) is 17.3 Å². The molecule has 0 aliphatic rings. The van der Waals surface area contributed by atoms with Crippen molar-refractivity contribution in [2.45, 2.75) is 33.2 Å². The summed E-state index contributed by atoms with van der Waals surface area (Å²) in [5, 5.41) is 7.10. The maximum Gasteiger partial charge on any atom is 0.0703 e. The number of rotatable bonds is 5. The van der Waals surface area contributed by atoms with Gasteiger partial charge < -0.3 is 0 Å². The zero-order valence-corrected chi connectivity index (χ0v) is 12.1. The van der Waals surface area contributed by atoms with Crippen LogP contribution in [0.4, 0.5) is 0 Å². The van der Waals surface area contributed by atoms with Crippen molar-refractivity contribution in [1.29, 1.82) is 0 Å². The van der Waals surface area contributed by atoms with Gasteiger partial charge in [-0.2, -0.15) is 5.10 Å². The van der Waals surface area contributed by atoms with Gasteiger partial charge in [-0.1, -0.05) is 41.1 Å². The molecule has 2 nitrogen and oxygen atoms in total. The summed E-state index contributed by atoms with van der Waals surface area (Å²) >= 11 is 3.53. The van der Waals surface area contributed by atoms with Gasteiger partial charge in [-0.15, -0.1) is 0 Å². The highest BCUT2D eigenvalue weighted by atomic mass is 79.9. The minimum absolute atomic E-state index is 0.709. The Morgan fingerprint density at radius 1 is 1.35 bits per heavy atom. The minimum atomic E-state index is 0.709. The predicted octanol–water partition coefficient (Wildman–Crippen LogP) is 4.02. The Morgan fingerprint density at radius 3 is 2.82 bits per heavy atom. The third-order valence-corrected chi connectivity index (χ3v) is 4.28. The Kier molecular flexibility index (Phi) is 4.21. The average Bonchev–Trinajstić information content (AvgIpc) is 2.74. The molecule has 0 radical (unpaired) electrons. The monoisotopic (exact) mass is 294 g/mol. The SMILES string of the molecule is CCn1nc(CCC(C)CBr)c2ccccc21. The Morgan fingerprint density at radius 2 is 2.12 bits per heavy atom. The number of aryl methyl sites for hydroxylation is 2. The molecule has 0 saturated heterocycles. The summed E-state index contributed by atoms with van der Waals surface area (Å²) in [7, 11) is 0. The van der Waals surface area contributed by atoms with Crippen LogP contribution in [0, 0.1) is 5.92 Å². The average molecular weight is 295 g/mol. The highest BCUT2D eigenvalue weighted by molar-refractivity contribution is 9.09. The molecule has 1 atom stereocenters. The van der Waals surface area contributed by atoms with E-state index < -0.39 is 0 Å². The molecule has 92 valence electrons. The zero-order chi connectivity index (χ0) is 12.3. The minimum Gasteiger partial charge on any atom is -0.265 e. The normalized spacial score (nSPS) is 13.1. The molecular formula is C14H19BrN2. The molecule has 3 heteroatoms. The van der Waals surface area contributed by atoms with E-state index in [0.717, 1.165) is 18.3 Å². The van der Waals surface area contributed by atoms with Crippen molar-refractivity contribution in [1.82, 2.24) is 9.78 Å². The quantitative estimate of drug-likeness (QED) is 0.762. The van der Waals surface area contributed by atoms with E-state index in [-0.39, 0.29) is 0 Å². The van der Waals surface area contributed by atoms with Gasteiger partial charge in [-0.3, -0.25) is 4.68 Å². The third kappa shape index (κ3) is 2.71. The molecular weight excluding hydrogens is 276 g/mol. The van der Waals surface area contributed by atoms with Crippen molar-refractivity contribution in [3.05, 3.63) is 30.0 Å². The van der Waals surface area contributed by atoms with E-state index in [9.17, 15) is 0 Å². The van der Waals surface area contributed by atoms with Crippen molar-refractivity contribution in [2.24, 2.45) is 5.92 Å². The van der Waals surface area contributed by atoms with Crippen LogP contribution in [0.15, 0.2) is 24.3 Å². The van der Waals surface area contributed by atoms with Crippen molar-refractivity contribution >= 4 is 26.8 Å². The molecule has 0 aliphatic heterocycles. The molecule has 0 amide bonds. The van der Waals surface area contributed by atoms with Crippen molar-refractivity contribution < 1.29 is 0 Å². The van der Waals surface area contributed by atoms with Crippen LogP contribution in [0.5, 0.6) is 0 Å². The standard InChI is InChI=1S/C14H19BrN2/c1-3-17-14-7-5-4-6-12(14)13(16-17)9-8-11(2)10-15/h4-7,11H,3,8-10H2,1-2H3. The van der Waals surface area contributed by atoms with Gasteiger partial charge in [0.1, 0.15) is 0 Å². The summed E-state index contributed by atoms with van der Waals surface area (Å²) in [6.07, 6.45) is 2.26. The van der Waals surface area contributed by atoms with Gasteiger partial charge >= 0.3 is 0 Å². The first kappa shape index (κ1) is 12.6. The van der Waals surface area contributed by atoms with Crippen molar-refractivity contribution in [3.8, 4) is 0 Å². The van der Waals surface area contributed by atoms with Crippen molar-refractivity contribution in [3.63, 3.8) is 0 Å². The molecule has 0 N–H and O–H groups in total. The van der Waals surface area contributed by atoms with Crippen LogP contribution in [0.25, 0.3) is 10.9 Å². The number of alkyl halides is 1. The molecule has 17 heavy (non-hydrogen) atoms. The predicted molar refractivity (Wildman–Crippen MR) is 76.7 cm³/mol. The molecule has 2 aromatic rings. The van der Waals surface area contributed by atoms with Gasteiger partial charge in [0.05, 0.1) is 11.2 Å². The number of hydrogen-bond donors (Lipinski definition) is 0. The van der Waals surface area contributed by atoms with E-state index in [1.54, 1.807) is 0 Å². The van der Waals surface area contributed by atoms with Crippen LogP contribution in [0.3, 0.4) is 0 Å². The molecule has 1 aromatic heterocycles.